The largest absolute Gasteiger partial charge is 0.493 e. The van der Waals surface area contributed by atoms with E-state index in [1.807, 2.05) is 25.1 Å². The minimum absolute atomic E-state index is 0.180. The van der Waals surface area contributed by atoms with Gasteiger partial charge in [-0.1, -0.05) is 23.7 Å². The molecule has 0 spiro atoms. The van der Waals surface area contributed by atoms with Crippen molar-refractivity contribution in [3.8, 4) is 11.5 Å². The fourth-order valence-electron chi connectivity index (χ4n) is 2.73. The molecule has 0 aliphatic heterocycles. The maximum atomic E-state index is 12.5. The lowest BCUT2D eigenvalue weighted by atomic mass is 10.1. The molecular formula is C20H20ClN3O3. The molecule has 6 nitrogen and oxygen atoms in total. The number of aromatic amines is 1. The summed E-state index contributed by atoms with van der Waals surface area (Å²) in [6, 6.07) is 12.8. The molecule has 0 aliphatic carbocycles. The number of aryl methyl sites for hydroxylation is 1. The Kier molecular flexibility index (Phi) is 5.66. The molecule has 3 aromatic rings. The Morgan fingerprint density at radius 3 is 2.41 bits per heavy atom. The number of anilines is 2. The van der Waals surface area contributed by atoms with E-state index in [1.54, 1.807) is 38.5 Å². The first-order valence-electron chi connectivity index (χ1n) is 8.33. The van der Waals surface area contributed by atoms with E-state index in [0.29, 0.717) is 40.1 Å². The zero-order valence-electron chi connectivity index (χ0n) is 15.3. The number of methoxy groups -OCH3 is 2. The molecule has 140 valence electrons. The van der Waals surface area contributed by atoms with Crippen molar-refractivity contribution < 1.29 is 9.47 Å². The fraction of sp³-hybridized carbons (Fsp3) is 0.200. The van der Waals surface area contributed by atoms with Crippen LogP contribution in [-0.4, -0.2) is 24.2 Å². The predicted molar refractivity (Wildman–Crippen MR) is 107 cm³/mol. The Hall–Kier alpha value is -2.99. The van der Waals surface area contributed by atoms with Crippen molar-refractivity contribution in [1.29, 1.82) is 0 Å². The molecule has 27 heavy (non-hydrogen) atoms. The molecule has 0 bridgehead atoms. The smallest absolute Gasteiger partial charge is 0.256 e. The Bertz CT molecular complexity index is 1000. The van der Waals surface area contributed by atoms with Gasteiger partial charge in [0.25, 0.3) is 5.56 Å². The standard InChI is InChI=1S/C20H20ClN3O3/c1-12-16(10-13-4-6-14(21)7-5-13)19(25)24-20(22-12)23-15-8-9-17(26-2)18(11-15)27-3/h4-9,11H,10H2,1-3H3,(H2,22,23,24,25). The van der Waals surface area contributed by atoms with Crippen LogP contribution >= 0.6 is 11.6 Å². The lowest BCUT2D eigenvalue weighted by Crippen LogP contribution is -2.18. The van der Waals surface area contributed by atoms with E-state index in [2.05, 4.69) is 15.3 Å². The number of nitrogens with one attached hydrogen (secondary N) is 2. The van der Waals surface area contributed by atoms with E-state index in [9.17, 15) is 4.79 Å². The number of rotatable bonds is 6. The lowest BCUT2D eigenvalue weighted by Gasteiger charge is -2.12. The van der Waals surface area contributed by atoms with Crippen molar-refractivity contribution in [2.75, 3.05) is 19.5 Å². The normalized spacial score (nSPS) is 10.5. The van der Waals surface area contributed by atoms with Gasteiger partial charge in [0.1, 0.15) is 0 Å². The van der Waals surface area contributed by atoms with Gasteiger partial charge in [-0.15, -0.1) is 0 Å². The molecule has 0 aliphatic rings. The van der Waals surface area contributed by atoms with Crippen molar-refractivity contribution in [2.24, 2.45) is 0 Å². The van der Waals surface area contributed by atoms with Gasteiger partial charge in [-0.25, -0.2) is 4.98 Å². The lowest BCUT2D eigenvalue weighted by molar-refractivity contribution is 0.355. The van der Waals surface area contributed by atoms with Crippen LogP contribution in [0.5, 0.6) is 11.5 Å². The Morgan fingerprint density at radius 2 is 1.78 bits per heavy atom. The van der Waals surface area contributed by atoms with Crippen molar-refractivity contribution in [2.45, 2.75) is 13.3 Å². The van der Waals surface area contributed by atoms with E-state index >= 15 is 0 Å². The number of halogens is 1. The van der Waals surface area contributed by atoms with Crippen molar-refractivity contribution >= 4 is 23.2 Å². The van der Waals surface area contributed by atoms with E-state index < -0.39 is 0 Å². The maximum Gasteiger partial charge on any atom is 0.256 e. The molecule has 7 heteroatoms. The number of hydrogen-bond acceptors (Lipinski definition) is 5. The SMILES string of the molecule is COc1ccc(Nc2nc(C)c(Cc3ccc(Cl)cc3)c(=O)[nH]2)cc1OC. The molecule has 1 aromatic heterocycles. The number of nitrogens with zero attached hydrogens (tertiary/aromatic N) is 1. The quantitative estimate of drug-likeness (QED) is 0.668. The second-order valence-electron chi connectivity index (χ2n) is 5.98. The highest BCUT2D eigenvalue weighted by Crippen LogP contribution is 2.30. The average molecular weight is 386 g/mol. The molecule has 2 aromatic carbocycles. The number of benzene rings is 2. The molecule has 0 fully saturated rings. The summed E-state index contributed by atoms with van der Waals surface area (Å²) in [5.41, 5.74) is 2.82. The second-order valence-corrected chi connectivity index (χ2v) is 6.41. The van der Waals surface area contributed by atoms with Crippen LogP contribution in [-0.2, 0) is 6.42 Å². The molecule has 3 rings (SSSR count). The van der Waals surface area contributed by atoms with E-state index in [4.69, 9.17) is 21.1 Å². The van der Waals surface area contributed by atoms with Gasteiger partial charge in [-0.05, 0) is 36.8 Å². The third-order valence-electron chi connectivity index (χ3n) is 4.16. The number of ether oxygens (including phenoxy) is 2. The molecule has 0 unspecified atom stereocenters. The highest BCUT2D eigenvalue weighted by atomic mass is 35.5. The summed E-state index contributed by atoms with van der Waals surface area (Å²) in [5.74, 6) is 1.57. The van der Waals surface area contributed by atoms with Crippen LogP contribution in [0.2, 0.25) is 5.02 Å². The Morgan fingerprint density at radius 1 is 1.07 bits per heavy atom. The predicted octanol–water partition coefficient (Wildman–Crippen LogP) is 4.08. The van der Waals surface area contributed by atoms with Crippen molar-refractivity contribution in [3.63, 3.8) is 0 Å². The van der Waals surface area contributed by atoms with Crippen LogP contribution in [0, 0.1) is 6.92 Å². The molecule has 0 saturated heterocycles. The first-order chi connectivity index (χ1) is 13.0. The molecule has 1 heterocycles. The molecule has 0 amide bonds. The summed E-state index contributed by atoms with van der Waals surface area (Å²) >= 11 is 5.91. The zero-order chi connectivity index (χ0) is 19.4. The van der Waals surface area contributed by atoms with Crippen molar-refractivity contribution in [3.05, 3.63) is 74.7 Å². The van der Waals surface area contributed by atoms with Crippen molar-refractivity contribution in [1.82, 2.24) is 9.97 Å². The van der Waals surface area contributed by atoms with Gasteiger partial charge in [0.2, 0.25) is 5.95 Å². The fourth-order valence-corrected chi connectivity index (χ4v) is 2.86. The zero-order valence-corrected chi connectivity index (χ0v) is 16.1. The molecule has 0 radical (unpaired) electrons. The first kappa shape index (κ1) is 18.8. The first-order valence-corrected chi connectivity index (χ1v) is 8.71. The van der Waals surface area contributed by atoms with E-state index in [-0.39, 0.29) is 5.56 Å². The van der Waals surface area contributed by atoms with E-state index in [0.717, 1.165) is 11.3 Å². The van der Waals surface area contributed by atoms with Crippen LogP contribution in [0.15, 0.2) is 47.3 Å². The van der Waals surface area contributed by atoms with Crippen LogP contribution in [0.4, 0.5) is 11.6 Å². The van der Waals surface area contributed by atoms with Crippen LogP contribution in [0.3, 0.4) is 0 Å². The van der Waals surface area contributed by atoms with Gasteiger partial charge in [-0.3, -0.25) is 9.78 Å². The number of hydrogen-bond donors (Lipinski definition) is 2. The minimum Gasteiger partial charge on any atom is -0.493 e. The average Bonchev–Trinajstić information content (AvgIpc) is 2.66. The summed E-state index contributed by atoms with van der Waals surface area (Å²) < 4.78 is 10.5. The number of aromatic nitrogens is 2. The summed E-state index contributed by atoms with van der Waals surface area (Å²) in [5, 5.41) is 3.75. The minimum atomic E-state index is -0.180. The van der Waals surface area contributed by atoms with Gasteiger partial charge in [0, 0.05) is 28.8 Å². The Labute approximate surface area is 162 Å². The summed E-state index contributed by atoms with van der Waals surface area (Å²) in [4.78, 5) is 19.8. The second kappa shape index (κ2) is 8.14. The number of H-pyrrole nitrogens is 1. The van der Waals surface area contributed by atoms with Gasteiger partial charge in [-0.2, -0.15) is 0 Å². The summed E-state index contributed by atoms with van der Waals surface area (Å²) in [6.45, 7) is 1.82. The third-order valence-corrected chi connectivity index (χ3v) is 4.41. The van der Waals surface area contributed by atoms with Crippen LogP contribution in [0.1, 0.15) is 16.8 Å². The monoisotopic (exact) mass is 385 g/mol. The maximum absolute atomic E-state index is 12.5. The van der Waals surface area contributed by atoms with Gasteiger partial charge < -0.3 is 14.8 Å². The highest BCUT2D eigenvalue weighted by molar-refractivity contribution is 6.30. The highest BCUT2D eigenvalue weighted by Gasteiger charge is 2.11. The molecule has 0 atom stereocenters. The van der Waals surface area contributed by atoms with Gasteiger partial charge in [0.05, 0.1) is 19.9 Å². The third kappa shape index (κ3) is 4.41. The van der Waals surface area contributed by atoms with Gasteiger partial charge >= 0.3 is 0 Å². The summed E-state index contributed by atoms with van der Waals surface area (Å²) in [7, 11) is 3.14. The molecule has 0 saturated carbocycles. The van der Waals surface area contributed by atoms with Crippen LogP contribution in [0.25, 0.3) is 0 Å². The molecular weight excluding hydrogens is 366 g/mol. The van der Waals surface area contributed by atoms with Gasteiger partial charge in [0.15, 0.2) is 11.5 Å². The Balaban J connectivity index is 1.84. The molecule has 2 N–H and O–H groups in total. The topological polar surface area (TPSA) is 76.2 Å². The van der Waals surface area contributed by atoms with Crippen LogP contribution < -0.4 is 20.3 Å². The summed E-state index contributed by atoms with van der Waals surface area (Å²) in [6.07, 6.45) is 0.488. The van der Waals surface area contributed by atoms with E-state index in [1.165, 1.54) is 0 Å².